The summed E-state index contributed by atoms with van der Waals surface area (Å²) in [6.07, 6.45) is 2.68. The Kier molecular flexibility index (Phi) is 4.12. The van der Waals surface area contributed by atoms with Crippen molar-refractivity contribution >= 4 is 50.7 Å². The van der Waals surface area contributed by atoms with E-state index in [9.17, 15) is 14.4 Å². The van der Waals surface area contributed by atoms with Crippen molar-refractivity contribution < 1.29 is 14.4 Å². The molecule has 118 valence electrons. The van der Waals surface area contributed by atoms with Crippen molar-refractivity contribution in [2.45, 2.75) is 25.8 Å². The molecule has 1 aliphatic heterocycles. The first-order chi connectivity index (χ1) is 11.0. The van der Waals surface area contributed by atoms with Gasteiger partial charge in [0.1, 0.15) is 0 Å². The number of halogens is 1. The van der Waals surface area contributed by atoms with Crippen LogP contribution in [0.25, 0.3) is 10.9 Å². The number of nitrogens with zero attached hydrogens (tertiary/aromatic N) is 2. The molecule has 6 nitrogen and oxygen atoms in total. The van der Waals surface area contributed by atoms with Crippen molar-refractivity contribution in [2.75, 3.05) is 4.90 Å². The van der Waals surface area contributed by atoms with E-state index in [2.05, 4.69) is 26.2 Å². The number of anilines is 1. The van der Waals surface area contributed by atoms with Gasteiger partial charge in [-0.3, -0.25) is 24.7 Å². The zero-order valence-electron chi connectivity index (χ0n) is 12.4. The molecule has 0 radical (unpaired) electrons. The summed E-state index contributed by atoms with van der Waals surface area (Å²) in [5.41, 5.74) is 2.18. The Hall–Kier alpha value is -2.28. The molecular weight excluding hydrogens is 362 g/mol. The van der Waals surface area contributed by atoms with Crippen LogP contribution in [0.3, 0.4) is 0 Å². The van der Waals surface area contributed by atoms with E-state index in [1.165, 1.54) is 0 Å². The minimum Gasteiger partial charge on any atom is -0.305 e. The van der Waals surface area contributed by atoms with Crippen LogP contribution in [0, 0.1) is 0 Å². The molecule has 7 heteroatoms. The Morgan fingerprint density at radius 1 is 1.43 bits per heavy atom. The minimum atomic E-state index is -0.348. The summed E-state index contributed by atoms with van der Waals surface area (Å²) in [7, 11) is 0. The molecule has 3 amide bonds. The third-order valence-electron chi connectivity index (χ3n) is 3.98. The van der Waals surface area contributed by atoms with Crippen LogP contribution < -0.4 is 10.2 Å². The van der Waals surface area contributed by atoms with Crippen molar-refractivity contribution in [1.29, 1.82) is 0 Å². The maximum absolute atomic E-state index is 12.7. The number of rotatable bonds is 5. The maximum atomic E-state index is 12.7. The van der Waals surface area contributed by atoms with Crippen LogP contribution >= 0.6 is 15.9 Å². The molecule has 1 N–H and O–H groups in total. The van der Waals surface area contributed by atoms with E-state index in [0.717, 1.165) is 21.1 Å². The minimum absolute atomic E-state index is 0.0891. The molecule has 1 aliphatic rings. The van der Waals surface area contributed by atoms with Crippen LogP contribution in [0.5, 0.6) is 0 Å². The molecule has 0 saturated carbocycles. The van der Waals surface area contributed by atoms with Gasteiger partial charge >= 0.3 is 0 Å². The van der Waals surface area contributed by atoms with Gasteiger partial charge in [-0.25, -0.2) is 0 Å². The van der Waals surface area contributed by atoms with E-state index >= 15 is 0 Å². The van der Waals surface area contributed by atoms with E-state index in [1.807, 2.05) is 19.1 Å². The van der Waals surface area contributed by atoms with Crippen LogP contribution in [0.1, 0.15) is 30.1 Å². The van der Waals surface area contributed by atoms with Crippen molar-refractivity contribution in [3.8, 4) is 0 Å². The number of hydrogen-bond acceptors (Lipinski definition) is 4. The largest absolute Gasteiger partial charge is 0.305 e. The van der Waals surface area contributed by atoms with Gasteiger partial charge in [0.2, 0.25) is 12.3 Å². The SMILES string of the molecule is CC(CCC(=O)NC=O)N1C(=O)c2ccc(Br)c3nccc1c23. The van der Waals surface area contributed by atoms with Crippen LogP contribution in [0.4, 0.5) is 5.69 Å². The number of carbonyl (C=O) groups is 3. The van der Waals surface area contributed by atoms with Gasteiger partial charge in [-0.05, 0) is 47.5 Å². The highest BCUT2D eigenvalue weighted by atomic mass is 79.9. The quantitative estimate of drug-likeness (QED) is 0.813. The smallest absolute Gasteiger partial charge is 0.259 e. The Labute approximate surface area is 141 Å². The van der Waals surface area contributed by atoms with Gasteiger partial charge in [0.05, 0.1) is 16.8 Å². The lowest BCUT2D eigenvalue weighted by Crippen LogP contribution is -2.36. The van der Waals surface area contributed by atoms with Crippen LogP contribution in [0.15, 0.2) is 28.9 Å². The number of pyridine rings is 1. The normalized spacial score (nSPS) is 14.2. The Morgan fingerprint density at radius 3 is 2.96 bits per heavy atom. The molecule has 2 heterocycles. The molecular formula is C16H14BrN3O3. The fourth-order valence-corrected chi connectivity index (χ4v) is 3.31. The molecule has 3 rings (SSSR count). The predicted molar refractivity (Wildman–Crippen MR) is 89.2 cm³/mol. The van der Waals surface area contributed by atoms with Gasteiger partial charge in [0, 0.05) is 28.5 Å². The number of aromatic nitrogens is 1. The summed E-state index contributed by atoms with van der Waals surface area (Å²) < 4.78 is 0.839. The van der Waals surface area contributed by atoms with E-state index in [-0.39, 0.29) is 24.3 Å². The highest BCUT2D eigenvalue weighted by molar-refractivity contribution is 9.10. The number of amides is 3. The second kappa shape index (κ2) is 6.08. The standard InChI is InChI=1S/C16H14BrN3O3/c1-9(2-5-13(22)19-8-21)20-12-6-7-18-15-11(17)4-3-10(14(12)15)16(20)23/h3-4,6-9H,2,5H2,1H3,(H,19,21,22). The van der Waals surface area contributed by atoms with Gasteiger partial charge in [-0.15, -0.1) is 0 Å². The fourth-order valence-electron chi connectivity index (χ4n) is 2.88. The van der Waals surface area contributed by atoms with E-state index in [4.69, 9.17) is 0 Å². The lowest BCUT2D eigenvalue weighted by Gasteiger charge is -2.25. The van der Waals surface area contributed by atoms with Crippen LogP contribution in [-0.4, -0.2) is 29.3 Å². The molecule has 1 aromatic carbocycles. The fraction of sp³-hybridized carbons (Fsp3) is 0.250. The third kappa shape index (κ3) is 2.61. The van der Waals surface area contributed by atoms with Gasteiger partial charge in [-0.1, -0.05) is 0 Å². The number of benzene rings is 1. The number of carbonyl (C=O) groups excluding carboxylic acids is 3. The zero-order valence-corrected chi connectivity index (χ0v) is 14.0. The molecule has 2 aromatic rings. The number of hydrogen-bond donors (Lipinski definition) is 1. The van der Waals surface area contributed by atoms with Gasteiger partial charge < -0.3 is 4.90 Å². The van der Waals surface area contributed by atoms with E-state index in [1.54, 1.807) is 17.2 Å². The average Bonchev–Trinajstić information content (AvgIpc) is 2.82. The zero-order chi connectivity index (χ0) is 16.6. The Balaban J connectivity index is 1.92. The summed E-state index contributed by atoms with van der Waals surface area (Å²) in [5, 5.41) is 2.94. The monoisotopic (exact) mass is 375 g/mol. The first-order valence-electron chi connectivity index (χ1n) is 7.18. The van der Waals surface area contributed by atoms with Crippen LogP contribution in [-0.2, 0) is 9.59 Å². The molecule has 0 saturated heterocycles. The molecule has 1 atom stereocenters. The second-order valence-corrected chi connectivity index (χ2v) is 6.25. The Bertz CT molecular complexity index is 822. The molecule has 0 fully saturated rings. The summed E-state index contributed by atoms with van der Waals surface area (Å²) >= 11 is 3.46. The molecule has 1 unspecified atom stereocenters. The number of imide groups is 1. The first kappa shape index (κ1) is 15.6. The molecule has 1 aromatic heterocycles. The van der Waals surface area contributed by atoms with Gasteiger partial charge in [-0.2, -0.15) is 0 Å². The summed E-state index contributed by atoms with van der Waals surface area (Å²) in [6.45, 7) is 1.89. The highest BCUT2D eigenvalue weighted by Crippen LogP contribution is 2.40. The van der Waals surface area contributed by atoms with Crippen molar-refractivity contribution in [2.24, 2.45) is 0 Å². The first-order valence-corrected chi connectivity index (χ1v) is 7.97. The molecule has 23 heavy (non-hydrogen) atoms. The highest BCUT2D eigenvalue weighted by Gasteiger charge is 2.33. The lowest BCUT2D eigenvalue weighted by atomic mass is 10.1. The summed E-state index contributed by atoms with van der Waals surface area (Å²) in [5.74, 6) is -0.438. The summed E-state index contributed by atoms with van der Waals surface area (Å²) in [4.78, 5) is 40.5. The predicted octanol–water partition coefficient (Wildman–Crippen LogP) is 2.40. The van der Waals surface area contributed by atoms with Gasteiger partial charge in [0.15, 0.2) is 0 Å². The van der Waals surface area contributed by atoms with Gasteiger partial charge in [0.25, 0.3) is 5.91 Å². The lowest BCUT2D eigenvalue weighted by molar-refractivity contribution is -0.125. The van der Waals surface area contributed by atoms with Crippen LogP contribution in [0.2, 0.25) is 0 Å². The molecule has 0 spiro atoms. The molecule has 0 bridgehead atoms. The maximum Gasteiger partial charge on any atom is 0.259 e. The number of nitrogens with one attached hydrogen (secondary N) is 1. The second-order valence-electron chi connectivity index (χ2n) is 5.40. The van der Waals surface area contributed by atoms with Crippen molar-refractivity contribution in [3.05, 3.63) is 34.4 Å². The Morgan fingerprint density at radius 2 is 2.22 bits per heavy atom. The summed E-state index contributed by atoms with van der Waals surface area (Å²) in [6, 6.07) is 5.24. The van der Waals surface area contributed by atoms with Crippen molar-refractivity contribution in [1.82, 2.24) is 10.3 Å². The average molecular weight is 376 g/mol. The van der Waals surface area contributed by atoms with Crippen molar-refractivity contribution in [3.63, 3.8) is 0 Å². The van der Waals surface area contributed by atoms with E-state index in [0.29, 0.717) is 18.4 Å². The molecule has 0 aliphatic carbocycles. The van der Waals surface area contributed by atoms with E-state index < -0.39 is 0 Å². The topological polar surface area (TPSA) is 79.4 Å². The third-order valence-corrected chi connectivity index (χ3v) is 4.62.